The van der Waals surface area contributed by atoms with Gasteiger partial charge in [0.25, 0.3) is 0 Å². The van der Waals surface area contributed by atoms with Gasteiger partial charge in [-0.1, -0.05) is 19.9 Å². The number of alkyl halides is 3. The van der Waals surface area contributed by atoms with E-state index in [9.17, 15) is 22.8 Å². The van der Waals surface area contributed by atoms with Crippen LogP contribution in [0.5, 0.6) is 0 Å². The maximum atomic E-state index is 13.0. The molecule has 0 unspecified atom stereocenters. The van der Waals surface area contributed by atoms with E-state index in [4.69, 9.17) is 4.74 Å². The molecule has 1 aliphatic rings. The molecule has 0 saturated heterocycles. The summed E-state index contributed by atoms with van der Waals surface area (Å²) in [5.74, 6) is 0.0148. The molecule has 7 nitrogen and oxygen atoms in total. The highest BCUT2D eigenvalue weighted by Crippen LogP contribution is 2.44. The third-order valence-corrected chi connectivity index (χ3v) is 5.58. The molecule has 0 spiro atoms. The molecule has 0 aliphatic heterocycles. The standard InChI is InChI=1S/C22H33F3N4O3/c1-14(2)21(10-9-15(13-21)28-19(31)32-20(3,4)5)18(30)27-12-11-26-17-8-6-7-16(29-17)22(23,24)25/h6-8,14-15H,9-13H2,1-5H3,(H,26,29)(H,27,30)(H,28,31)/t15-,21+/m1/s1. The zero-order chi connectivity index (χ0) is 24.2. The van der Waals surface area contributed by atoms with Crippen LogP contribution in [0.25, 0.3) is 0 Å². The Morgan fingerprint density at radius 2 is 1.91 bits per heavy atom. The Bertz CT molecular complexity index is 808. The van der Waals surface area contributed by atoms with Gasteiger partial charge < -0.3 is 20.7 Å². The first-order chi connectivity index (χ1) is 14.7. The minimum Gasteiger partial charge on any atom is -0.444 e. The monoisotopic (exact) mass is 458 g/mol. The van der Waals surface area contributed by atoms with E-state index in [-0.39, 0.29) is 36.8 Å². The number of amides is 2. The molecule has 1 heterocycles. The molecular weight excluding hydrogens is 425 g/mol. The summed E-state index contributed by atoms with van der Waals surface area (Å²) in [5.41, 5.74) is -2.20. The van der Waals surface area contributed by atoms with Gasteiger partial charge in [-0.05, 0) is 58.1 Å². The van der Waals surface area contributed by atoms with E-state index in [1.54, 1.807) is 20.8 Å². The fourth-order valence-corrected chi connectivity index (χ4v) is 3.90. The first kappa shape index (κ1) is 25.7. The predicted octanol–water partition coefficient (Wildman–Crippen LogP) is 4.35. The van der Waals surface area contributed by atoms with Gasteiger partial charge in [-0.25, -0.2) is 9.78 Å². The van der Waals surface area contributed by atoms with Gasteiger partial charge in [-0.3, -0.25) is 4.79 Å². The van der Waals surface area contributed by atoms with Crippen molar-refractivity contribution in [3.63, 3.8) is 0 Å². The van der Waals surface area contributed by atoms with Gasteiger partial charge in [0.1, 0.15) is 17.1 Å². The smallest absolute Gasteiger partial charge is 0.433 e. The van der Waals surface area contributed by atoms with E-state index in [2.05, 4.69) is 20.9 Å². The molecule has 3 N–H and O–H groups in total. The third-order valence-electron chi connectivity index (χ3n) is 5.58. The molecule has 0 bridgehead atoms. The van der Waals surface area contributed by atoms with E-state index in [0.29, 0.717) is 19.3 Å². The van der Waals surface area contributed by atoms with Crippen molar-refractivity contribution in [3.05, 3.63) is 23.9 Å². The maximum absolute atomic E-state index is 13.0. The molecule has 32 heavy (non-hydrogen) atoms. The number of carbonyl (C=O) groups excluding carboxylic acids is 2. The van der Waals surface area contributed by atoms with E-state index in [1.807, 2.05) is 13.8 Å². The van der Waals surface area contributed by atoms with E-state index >= 15 is 0 Å². The van der Waals surface area contributed by atoms with Crippen molar-refractivity contribution in [2.45, 2.75) is 71.7 Å². The number of hydrogen-bond donors (Lipinski definition) is 3. The molecule has 2 rings (SSSR count). The van der Waals surface area contributed by atoms with Crippen LogP contribution in [0.1, 0.15) is 59.6 Å². The molecule has 1 aromatic heterocycles. The molecular formula is C22H33F3N4O3. The van der Waals surface area contributed by atoms with Crippen molar-refractivity contribution in [1.29, 1.82) is 0 Å². The van der Waals surface area contributed by atoms with E-state index in [0.717, 1.165) is 6.07 Å². The molecule has 180 valence electrons. The summed E-state index contributed by atoms with van der Waals surface area (Å²) >= 11 is 0. The minimum absolute atomic E-state index is 0.0472. The van der Waals surface area contributed by atoms with Crippen molar-refractivity contribution in [1.82, 2.24) is 15.6 Å². The lowest BCUT2D eigenvalue weighted by atomic mass is 9.74. The summed E-state index contributed by atoms with van der Waals surface area (Å²) < 4.78 is 43.6. The average molecular weight is 459 g/mol. The van der Waals surface area contributed by atoms with Crippen LogP contribution in [-0.4, -0.2) is 41.7 Å². The predicted molar refractivity (Wildman–Crippen MR) is 115 cm³/mol. The second-order valence-corrected chi connectivity index (χ2v) is 9.49. The van der Waals surface area contributed by atoms with Crippen molar-refractivity contribution in [2.24, 2.45) is 11.3 Å². The van der Waals surface area contributed by atoms with Crippen LogP contribution in [0.4, 0.5) is 23.8 Å². The number of ether oxygens (including phenoxy) is 1. The molecule has 1 saturated carbocycles. The van der Waals surface area contributed by atoms with Crippen LogP contribution in [-0.2, 0) is 15.7 Å². The Balaban J connectivity index is 1.88. The lowest BCUT2D eigenvalue weighted by Crippen LogP contribution is -2.46. The third kappa shape index (κ3) is 7.00. The molecule has 1 aromatic rings. The lowest BCUT2D eigenvalue weighted by Gasteiger charge is -2.32. The number of halogens is 3. The van der Waals surface area contributed by atoms with Crippen LogP contribution >= 0.6 is 0 Å². The summed E-state index contributed by atoms with van der Waals surface area (Å²) in [4.78, 5) is 28.6. The number of aromatic nitrogens is 1. The van der Waals surface area contributed by atoms with Gasteiger partial charge in [0.05, 0.1) is 5.41 Å². The first-order valence-corrected chi connectivity index (χ1v) is 10.8. The molecule has 0 aromatic carbocycles. The fraction of sp³-hybridized carbons (Fsp3) is 0.682. The molecule has 1 aliphatic carbocycles. The minimum atomic E-state index is -4.51. The Labute approximate surface area is 186 Å². The Kier molecular flexibility index (Phi) is 8.01. The summed E-state index contributed by atoms with van der Waals surface area (Å²) in [6.07, 6.45) is -3.22. The highest BCUT2D eigenvalue weighted by molar-refractivity contribution is 5.83. The number of rotatable bonds is 7. The number of pyridine rings is 1. The summed E-state index contributed by atoms with van der Waals surface area (Å²) in [5, 5.41) is 8.53. The molecule has 10 heteroatoms. The van der Waals surface area contributed by atoms with Gasteiger partial charge in [-0.15, -0.1) is 0 Å². The van der Waals surface area contributed by atoms with Crippen molar-refractivity contribution < 1.29 is 27.5 Å². The number of nitrogens with one attached hydrogen (secondary N) is 3. The van der Waals surface area contributed by atoms with Gasteiger partial charge in [0, 0.05) is 19.1 Å². The molecule has 2 atom stereocenters. The number of alkyl carbamates (subject to hydrolysis) is 1. The van der Waals surface area contributed by atoms with Crippen molar-refractivity contribution in [3.8, 4) is 0 Å². The fourth-order valence-electron chi connectivity index (χ4n) is 3.90. The van der Waals surface area contributed by atoms with Gasteiger partial charge >= 0.3 is 12.3 Å². The van der Waals surface area contributed by atoms with Gasteiger partial charge in [0.15, 0.2) is 0 Å². The van der Waals surface area contributed by atoms with E-state index in [1.165, 1.54) is 12.1 Å². The second kappa shape index (κ2) is 9.95. The number of hydrogen-bond acceptors (Lipinski definition) is 5. The Morgan fingerprint density at radius 1 is 1.22 bits per heavy atom. The number of carbonyl (C=O) groups is 2. The normalized spacial score (nSPS) is 21.3. The average Bonchev–Trinajstić information content (AvgIpc) is 3.08. The van der Waals surface area contributed by atoms with Crippen LogP contribution in [0.3, 0.4) is 0 Å². The van der Waals surface area contributed by atoms with Crippen LogP contribution in [0.2, 0.25) is 0 Å². The topological polar surface area (TPSA) is 92.4 Å². The zero-order valence-corrected chi connectivity index (χ0v) is 19.2. The Morgan fingerprint density at radius 3 is 2.50 bits per heavy atom. The van der Waals surface area contributed by atoms with Gasteiger partial charge in [-0.2, -0.15) is 13.2 Å². The highest BCUT2D eigenvalue weighted by atomic mass is 19.4. The highest BCUT2D eigenvalue weighted by Gasteiger charge is 2.47. The van der Waals surface area contributed by atoms with Crippen molar-refractivity contribution in [2.75, 3.05) is 18.4 Å². The number of nitrogens with zero attached hydrogens (tertiary/aromatic N) is 1. The van der Waals surface area contributed by atoms with Crippen molar-refractivity contribution >= 4 is 17.8 Å². The lowest BCUT2D eigenvalue weighted by molar-refractivity contribution is -0.141. The SMILES string of the molecule is CC(C)[C@]1(C(=O)NCCNc2cccc(C(F)(F)F)n2)CC[C@@H](NC(=O)OC(C)(C)C)C1. The van der Waals surface area contributed by atoms with Crippen LogP contribution in [0.15, 0.2) is 18.2 Å². The largest absolute Gasteiger partial charge is 0.444 e. The Hall–Kier alpha value is -2.52. The van der Waals surface area contributed by atoms with Gasteiger partial charge in [0.2, 0.25) is 5.91 Å². The second-order valence-electron chi connectivity index (χ2n) is 9.49. The summed E-state index contributed by atoms with van der Waals surface area (Å²) in [7, 11) is 0. The summed E-state index contributed by atoms with van der Waals surface area (Å²) in [6, 6.07) is 3.46. The molecule has 2 amide bonds. The molecule has 0 radical (unpaired) electrons. The molecule has 1 fully saturated rings. The number of anilines is 1. The quantitative estimate of drug-likeness (QED) is 0.529. The maximum Gasteiger partial charge on any atom is 0.433 e. The zero-order valence-electron chi connectivity index (χ0n) is 19.2. The first-order valence-electron chi connectivity index (χ1n) is 10.8. The summed E-state index contributed by atoms with van der Waals surface area (Å²) in [6.45, 7) is 9.77. The van der Waals surface area contributed by atoms with Crippen LogP contribution < -0.4 is 16.0 Å². The van der Waals surface area contributed by atoms with Crippen LogP contribution in [0, 0.1) is 11.3 Å². The van der Waals surface area contributed by atoms with E-state index < -0.39 is 29.0 Å².